The monoisotopic (exact) mass is 473 g/mol. The van der Waals surface area contributed by atoms with Gasteiger partial charge in [0.05, 0.1) is 11.7 Å². The molecule has 3 aromatic rings. The second-order valence-corrected chi connectivity index (χ2v) is 9.66. The molecule has 1 aromatic carbocycles. The molecule has 9 nitrogen and oxygen atoms in total. The van der Waals surface area contributed by atoms with Crippen LogP contribution in [0.15, 0.2) is 23.4 Å². The zero-order valence-corrected chi connectivity index (χ0v) is 20.4. The first-order valence-corrected chi connectivity index (χ1v) is 12.1. The second-order valence-electron chi connectivity index (χ2n) is 7.29. The van der Waals surface area contributed by atoms with Gasteiger partial charge in [0.1, 0.15) is 10.8 Å². The molecule has 0 fully saturated rings. The van der Waals surface area contributed by atoms with Gasteiger partial charge < -0.3 is 9.88 Å². The van der Waals surface area contributed by atoms with E-state index in [4.69, 9.17) is 0 Å². The Labute approximate surface area is 195 Å². The standard InChI is InChI=1S/C21H27N7O2S2/c1-6-18-25-26-20(32-18)23-19(30)14(5)31-21-27-24-16(28(21)7-2)11-17(29)22-15-9-8-12(3)10-13(15)4/h8-10,14H,6-7,11H2,1-5H3,(H,22,29)(H,23,26,30)/t14-/m1/s1. The van der Waals surface area contributed by atoms with Gasteiger partial charge in [0, 0.05) is 12.2 Å². The summed E-state index contributed by atoms with van der Waals surface area (Å²) < 4.78 is 1.86. The summed E-state index contributed by atoms with van der Waals surface area (Å²) >= 11 is 2.66. The van der Waals surface area contributed by atoms with Crippen molar-refractivity contribution in [1.82, 2.24) is 25.0 Å². The van der Waals surface area contributed by atoms with E-state index in [2.05, 4.69) is 31.0 Å². The topological polar surface area (TPSA) is 115 Å². The molecule has 0 aliphatic rings. The molecule has 0 aliphatic carbocycles. The Morgan fingerprint density at radius 2 is 1.91 bits per heavy atom. The van der Waals surface area contributed by atoms with E-state index >= 15 is 0 Å². The molecule has 2 N–H and O–H groups in total. The van der Waals surface area contributed by atoms with Crippen molar-refractivity contribution < 1.29 is 9.59 Å². The van der Waals surface area contributed by atoms with Gasteiger partial charge in [0.15, 0.2) is 5.16 Å². The van der Waals surface area contributed by atoms with E-state index in [9.17, 15) is 9.59 Å². The summed E-state index contributed by atoms with van der Waals surface area (Å²) in [6, 6.07) is 5.88. The van der Waals surface area contributed by atoms with Crippen LogP contribution in [0.5, 0.6) is 0 Å². The molecule has 0 aliphatic heterocycles. The van der Waals surface area contributed by atoms with E-state index in [1.165, 1.54) is 23.1 Å². The van der Waals surface area contributed by atoms with Gasteiger partial charge in [-0.05, 0) is 45.7 Å². The number of benzene rings is 1. The molecular weight excluding hydrogens is 446 g/mol. The summed E-state index contributed by atoms with van der Waals surface area (Å²) in [4.78, 5) is 25.1. The van der Waals surface area contributed by atoms with Crippen molar-refractivity contribution in [2.45, 2.75) is 64.4 Å². The highest BCUT2D eigenvalue weighted by Crippen LogP contribution is 2.25. The molecule has 1 atom stereocenters. The largest absolute Gasteiger partial charge is 0.325 e. The Kier molecular flexibility index (Phi) is 7.97. The molecule has 0 saturated heterocycles. The van der Waals surface area contributed by atoms with Crippen LogP contribution in [-0.4, -0.2) is 42.0 Å². The second kappa shape index (κ2) is 10.7. The molecule has 11 heteroatoms. The van der Waals surface area contributed by atoms with Crippen LogP contribution in [0, 0.1) is 13.8 Å². The summed E-state index contributed by atoms with van der Waals surface area (Å²) in [7, 11) is 0. The quantitative estimate of drug-likeness (QED) is 0.456. The number of carbonyl (C=O) groups is 2. The minimum absolute atomic E-state index is 0.0971. The number of hydrogen-bond donors (Lipinski definition) is 2. The number of thioether (sulfide) groups is 1. The fourth-order valence-corrected chi connectivity index (χ4v) is 4.63. The van der Waals surface area contributed by atoms with Gasteiger partial charge in [-0.15, -0.1) is 20.4 Å². The number of anilines is 2. The fraction of sp³-hybridized carbons (Fsp3) is 0.429. The van der Waals surface area contributed by atoms with Crippen LogP contribution in [0.1, 0.15) is 42.7 Å². The summed E-state index contributed by atoms with van der Waals surface area (Å²) in [6.45, 7) is 10.3. The molecule has 170 valence electrons. The Morgan fingerprint density at radius 3 is 2.56 bits per heavy atom. The van der Waals surface area contributed by atoms with Crippen LogP contribution >= 0.6 is 23.1 Å². The van der Waals surface area contributed by atoms with Crippen LogP contribution in [0.3, 0.4) is 0 Å². The van der Waals surface area contributed by atoms with E-state index in [-0.39, 0.29) is 18.2 Å². The summed E-state index contributed by atoms with van der Waals surface area (Å²) in [5, 5.41) is 23.7. The molecule has 2 heterocycles. The number of aromatic nitrogens is 5. The first kappa shape index (κ1) is 23.9. The first-order chi connectivity index (χ1) is 15.3. The lowest BCUT2D eigenvalue weighted by atomic mass is 10.1. The van der Waals surface area contributed by atoms with Crippen LogP contribution < -0.4 is 10.6 Å². The van der Waals surface area contributed by atoms with E-state index < -0.39 is 5.25 Å². The Bertz CT molecular complexity index is 1110. The van der Waals surface area contributed by atoms with Crippen molar-refractivity contribution in [3.8, 4) is 0 Å². The maximum absolute atomic E-state index is 12.6. The molecular formula is C21H27N7O2S2. The van der Waals surface area contributed by atoms with Gasteiger partial charge in [-0.3, -0.25) is 14.9 Å². The van der Waals surface area contributed by atoms with Crippen molar-refractivity contribution in [3.05, 3.63) is 40.2 Å². The summed E-state index contributed by atoms with van der Waals surface area (Å²) in [5.74, 6) is 0.208. The van der Waals surface area contributed by atoms with E-state index in [0.29, 0.717) is 22.7 Å². The number of carbonyl (C=O) groups excluding carboxylic acids is 2. The SMILES string of the molecule is CCc1nnc(NC(=O)[C@@H](C)Sc2nnc(CC(=O)Nc3ccc(C)cc3C)n2CC)s1. The number of nitrogens with zero attached hydrogens (tertiary/aromatic N) is 5. The van der Waals surface area contributed by atoms with Crippen molar-refractivity contribution in [2.24, 2.45) is 0 Å². The van der Waals surface area contributed by atoms with E-state index in [1.807, 2.05) is 50.5 Å². The zero-order chi connectivity index (χ0) is 23.3. The number of aryl methyl sites for hydroxylation is 3. The maximum atomic E-state index is 12.6. The average Bonchev–Trinajstić information content (AvgIpc) is 3.36. The van der Waals surface area contributed by atoms with Gasteiger partial charge >= 0.3 is 0 Å². The molecule has 32 heavy (non-hydrogen) atoms. The maximum Gasteiger partial charge on any atom is 0.239 e. The predicted octanol–water partition coefficient (Wildman–Crippen LogP) is 3.63. The highest BCUT2D eigenvalue weighted by Gasteiger charge is 2.22. The molecule has 0 bridgehead atoms. The van der Waals surface area contributed by atoms with E-state index in [0.717, 1.165) is 28.2 Å². The highest BCUT2D eigenvalue weighted by molar-refractivity contribution is 8.00. The lowest BCUT2D eigenvalue weighted by molar-refractivity contribution is -0.116. The Hall–Kier alpha value is -2.79. The van der Waals surface area contributed by atoms with Crippen LogP contribution in [0.25, 0.3) is 0 Å². The van der Waals surface area contributed by atoms with E-state index in [1.54, 1.807) is 6.92 Å². The molecule has 0 radical (unpaired) electrons. The molecule has 3 rings (SSSR count). The van der Waals surface area contributed by atoms with Crippen molar-refractivity contribution in [3.63, 3.8) is 0 Å². The zero-order valence-electron chi connectivity index (χ0n) is 18.8. The average molecular weight is 474 g/mol. The van der Waals surface area contributed by atoms with Crippen LogP contribution in [0.2, 0.25) is 0 Å². The van der Waals surface area contributed by atoms with Gasteiger partial charge in [-0.2, -0.15) is 0 Å². The lowest BCUT2D eigenvalue weighted by Gasteiger charge is -2.12. The third-order valence-corrected chi connectivity index (χ3v) is 6.80. The minimum Gasteiger partial charge on any atom is -0.325 e. The number of amides is 2. The van der Waals surface area contributed by atoms with Crippen LogP contribution in [-0.2, 0) is 29.0 Å². The predicted molar refractivity (Wildman–Crippen MR) is 127 cm³/mol. The van der Waals surface area contributed by atoms with Crippen molar-refractivity contribution in [2.75, 3.05) is 10.6 Å². The Balaban J connectivity index is 1.63. The Morgan fingerprint density at radius 1 is 1.12 bits per heavy atom. The highest BCUT2D eigenvalue weighted by atomic mass is 32.2. The third kappa shape index (κ3) is 5.92. The minimum atomic E-state index is -0.421. The van der Waals surface area contributed by atoms with Crippen LogP contribution in [0.4, 0.5) is 10.8 Å². The molecule has 0 spiro atoms. The molecule has 0 saturated carbocycles. The molecule has 2 amide bonds. The number of hydrogen-bond acceptors (Lipinski definition) is 8. The van der Waals surface area contributed by atoms with Gasteiger partial charge in [-0.1, -0.05) is 47.7 Å². The summed E-state index contributed by atoms with van der Waals surface area (Å²) in [5.41, 5.74) is 2.93. The molecule has 2 aromatic heterocycles. The third-order valence-electron chi connectivity index (χ3n) is 4.74. The first-order valence-electron chi connectivity index (χ1n) is 10.4. The van der Waals surface area contributed by atoms with Crippen molar-refractivity contribution in [1.29, 1.82) is 0 Å². The number of nitrogens with one attached hydrogen (secondary N) is 2. The number of rotatable bonds is 9. The van der Waals surface area contributed by atoms with Gasteiger partial charge in [0.25, 0.3) is 0 Å². The molecule has 0 unspecified atom stereocenters. The smallest absolute Gasteiger partial charge is 0.239 e. The fourth-order valence-electron chi connectivity index (χ4n) is 3.01. The van der Waals surface area contributed by atoms with Gasteiger partial charge in [0.2, 0.25) is 16.9 Å². The lowest BCUT2D eigenvalue weighted by Crippen LogP contribution is -2.23. The van der Waals surface area contributed by atoms with Gasteiger partial charge in [-0.25, -0.2) is 0 Å². The normalized spacial score (nSPS) is 11.9. The summed E-state index contributed by atoms with van der Waals surface area (Å²) in [6.07, 6.45) is 0.872. The van der Waals surface area contributed by atoms with Crippen molar-refractivity contribution >= 4 is 45.7 Å².